The van der Waals surface area contributed by atoms with E-state index in [1.807, 2.05) is 4.90 Å². The van der Waals surface area contributed by atoms with Gasteiger partial charge in [0.25, 0.3) is 0 Å². The molecule has 0 aromatic heterocycles. The molecule has 2 N–H and O–H groups in total. The topological polar surface area (TPSA) is 66.0 Å². The first-order valence-electron chi connectivity index (χ1n) is 4.89. The SMILES string of the molecule is O=C1CS/C(=N/NC(=S)N2CCOCC2)N1. The van der Waals surface area contributed by atoms with E-state index in [0.717, 1.165) is 13.1 Å². The van der Waals surface area contributed by atoms with E-state index < -0.39 is 0 Å². The van der Waals surface area contributed by atoms with Crippen molar-refractivity contribution in [2.75, 3.05) is 32.1 Å². The molecule has 0 radical (unpaired) electrons. The average Bonchev–Trinajstić information content (AvgIpc) is 2.73. The molecule has 1 amide bonds. The summed E-state index contributed by atoms with van der Waals surface area (Å²) in [5, 5.41) is 7.78. The van der Waals surface area contributed by atoms with Crippen LogP contribution in [0.3, 0.4) is 0 Å². The van der Waals surface area contributed by atoms with Gasteiger partial charge in [0, 0.05) is 13.1 Å². The van der Waals surface area contributed by atoms with Gasteiger partial charge in [0.05, 0.1) is 19.0 Å². The molecule has 2 saturated heterocycles. The summed E-state index contributed by atoms with van der Waals surface area (Å²) in [6.45, 7) is 2.92. The summed E-state index contributed by atoms with van der Waals surface area (Å²) >= 11 is 6.53. The quantitative estimate of drug-likeness (QED) is 0.481. The Morgan fingerprint density at radius 2 is 2.31 bits per heavy atom. The Morgan fingerprint density at radius 3 is 2.94 bits per heavy atom. The molecule has 2 heterocycles. The van der Waals surface area contributed by atoms with Crippen LogP contribution >= 0.6 is 24.0 Å². The van der Waals surface area contributed by atoms with Gasteiger partial charge in [-0.1, -0.05) is 11.8 Å². The van der Waals surface area contributed by atoms with Crippen molar-refractivity contribution < 1.29 is 9.53 Å². The molecule has 0 unspecified atom stereocenters. The maximum atomic E-state index is 10.9. The van der Waals surface area contributed by atoms with Crippen molar-refractivity contribution in [2.45, 2.75) is 0 Å². The normalized spacial score (nSPS) is 23.4. The third-order valence-electron chi connectivity index (χ3n) is 2.14. The smallest absolute Gasteiger partial charge is 0.236 e. The zero-order valence-electron chi connectivity index (χ0n) is 8.56. The minimum absolute atomic E-state index is 0.0251. The molecular weight excluding hydrogens is 248 g/mol. The van der Waals surface area contributed by atoms with E-state index in [0.29, 0.717) is 29.2 Å². The summed E-state index contributed by atoms with van der Waals surface area (Å²) in [4.78, 5) is 12.9. The zero-order chi connectivity index (χ0) is 11.4. The van der Waals surface area contributed by atoms with Gasteiger partial charge in [0.2, 0.25) is 5.91 Å². The van der Waals surface area contributed by atoms with E-state index in [9.17, 15) is 4.79 Å². The average molecular weight is 260 g/mol. The van der Waals surface area contributed by atoms with Gasteiger partial charge in [-0.05, 0) is 12.2 Å². The Kier molecular flexibility index (Phi) is 3.97. The molecule has 2 fully saturated rings. The molecule has 0 saturated carbocycles. The largest absolute Gasteiger partial charge is 0.378 e. The lowest BCUT2D eigenvalue weighted by Crippen LogP contribution is -2.45. The first-order chi connectivity index (χ1) is 7.75. The number of morpholine rings is 1. The highest BCUT2D eigenvalue weighted by Gasteiger charge is 2.17. The van der Waals surface area contributed by atoms with E-state index in [1.54, 1.807) is 0 Å². The van der Waals surface area contributed by atoms with Crippen LogP contribution in [0.15, 0.2) is 5.10 Å². The van der Waals surface area contributed by atoms with Gasteiger partial charge in [-0.3, -0.25) is 10.2 Å². The number of nitrogens with zero attached hydrogens (tertiary/aromatic N) is 2. The first kappa shape index (κ1) is 11.6. The summed E-state index contributed by atoms with van der Waals surface area (Å²) in [5.41, 5.74) is 2.77. The molecule has 0 aromatic carbocycles. The minimum Gasteiger partial charge on any atom is -0.378 e. The third-order valence-corrected chi connectivity index (χ3v) is 3.36. The lowest BCUT2D eigenvalue weighted by atomic mass is 10.5. The van der Waals surface area contributed by atoms with Gasteiger partial charge in [0.1, 0.15) is 0 Å². The number of hydrogen-bond acceptors (Lipinski definition) is 5. The van der Waals surface area contributed by atoms with Crippen LogP contribution in [0.4, 0.5) is 0 Å². The van der Waals surface area contributed by atoms with Gasteiger partial charge >= 0.3 is 0 Å². The number of thiocarbonyl (C=S) groups is 1. The fraction of sp³-hybridized carbons (Fsp3) is 0.625. The molecule has 88 valence electrons. The van der Waals surface area contributed by atoms with Crippen LogP contribution in [0.5, 0.6) is 0 Å². The number of carbonyl (C=O) groups excluding carboxylic acids is 1. The van der Waals surface area contributed by atoms with Crippen LogP contribution < -0.4 is 10.7 Å². The number of rotatable bonds is 1. The molecule has 0 bridgehead atoms. The molecule has 0 spiro atoms. The lowest BCUT2D eigenvalue weighted by molar-refractivity contribution is -0.116. The molecule has 0 aromatic rings. The minimum atomic E-state index is -0.0251. The summed E-state index contributed by atoms with van der Waals surface area (Å²) in [6, 6.07) is 0. The molecule has 0 aliphatic carbocycles. The maximum Gasteiger partial charge on any atom is 0.236 e. The van der Waals surface area contributed by atoms with Crippen molar-refractivity contribution >= 4 is 40.2 Å². The molecule has 16 heavy (non-hydrogen) atoms. The third kappa shape index (κ3) is 3.06. The van der Waals surface area contributed by atoms with Crippen molar-refractivity contribution in [3.05, 3.63) is 0 Å². The van der Waals surface area contributed by atoms with Gasteiger partial charge in [-0.15, -0.1) is 5.10 Å². The van der Waals surface area contributed by atoms with E-state index in [1.165, 1.54) is 11.8 Å². The Labute approximate surface area is 103 Å². The maximum absolute atomic E-state index is 10.9. The predicted octanol–water partition coefficient (Wildman–Crippen LogP) is -0.673. The number of amides is 1. The molecule has 2 aliphatic heterocycles. The van der Waals surface area contributed by atoms with Crippen LogP contribution in [0, 0.1) is 0 Å². The second kappa shape index (κ2) is 5.46. The van der Waals surface area contributed by atoms with E-state index >= 15 is 0 Å². The number of nitrogens with one attached hydrogen (secondary N) is 2. The molecule has 2 aliphatic rings. The second-order valence-electron chi connectivity index (χ2n) is 3.27. The standard InChI is InChI=1S/C8H12N4O2S2/c13-6-5-16-7(9-6)10-11-8(15)12-1-3-14-4-2-12/h1-5H2,(H,11,15)(H,9,10,13). The highest BCUT2D eigenvalue weighted by Crippen LogP contribution is 2.07. The Morgan fingerprint density at radius 1 is 1.56 bits per heavy atom. The van der Waals surface area contributed by atoms with Gasteiger partial charge in [-0.2, -0.15) is 0 Å². The monoisotopic (exact) mass is 260 g/mol. The van der Waals surface area contributed by atoms with Crippen molar-refractivity contribution in [3.8, 4) is 0 Å². The first-order valence-corrected chi connectivity index (χ1v) is 6.28. The van der Waals surface area contributed by atoms with Crippen LogP contribution in [-0.2, 0) is 9.53 Å². The van der Waals surface area contributed by atoms with Crippen LogP contribution in [-0.4, -0.2) is 53.1 Å². The van der Waals surface area contributed by atoms with Crippen LogP contribution in [0.2, 0.25) is 0 Å². The molecular formula is C8H12N4O2S2. The Bertz CT molecular complexity index is 328. The van der Waals surface area contributed by atoms with Crippen molar-refractivity contribution in [1.82, 2.24) is 15.6 Å². The highest BCUT2D eigenvalue weighted by molar-refractivity contribution is 8.15. The van der Waals surface area contributed by atoms with E-state index in [2.05, 4.69) is 15.8 Å². The van der Waals surface area contributed by atoms with Crippen molar-refractivity contribution in [3.63, 3.8) is 0 Å². The van der Waals surface area contributed by atoms with Crippen LogP contribution in [0.25, 0.3) is 0 Å². The van der Waals surface area contributed by atoms with E-state index in [4.69, 9.17) is 17.0 Å². The molecule has 8 heteroatoms. The Hall–Kier alpha value is -0.860. The Balaban J connectivity index is 1.80. The molecule has 6 nitrogen and oxygen atoms in total. The predicted molar refractivity (Wildman–Crippen MR) is 66.2 cm³/mol. The van der Waals surface area contributed by atoms with Crippen LogP contribution in [0.1, 0.15) is 0 Å². The van der Waals surface area contributed by atoms with Gasteiger partial charge < -0.3 is 15.0 Å². The fourth-order valence-corrected chi connectivity index (χ4v) is 2.19. The van der Waals surface area contributed by atoms with Gasteiger partial charge in [-0.25, -0.2) is 0 Å². The number of carbonyl (C=O) groups is 1. The summed E-state index contributed by atoms with van der Waals surface area (Å²) in [5.74, 6) is 0.396. The number of hydrogen-bond donors (Lipinski definition) is 2. The number of ether oxygens (including phenoxy) is 1. The molecule has 0 atom stereocenters. The summed E-state index contributed by atoms with van der Waals surface area (Å²) < 4.78 is 5.22. The van der Waals surface area contributed by atoms with E-state index in [-0.39, 0.29) is 5.91 Å². The number of thioether (sulfide) groups is 1. The number of hydrazone groups is 1. The van der Waals surface area contributed by atoms with Gasteiger partial charge in [0.15, 0.2) is 10.3 Å². The summed E-state index contributed by atoms with van der Waals surface area (Å²) in [7, 11) is 0. The van der Waals surface area contributed by atoms with Crippen molar-refractivity contribution in [1.29, 1.82) is 0 Å². The lowest BCUT2D eigenvalue weighted by Gasteiger charge is -2.28. The summed E-state index contributed by atoms with van der Waals surface area (Å²) in [6.07, 6.45) is 0. The molecule has 2 rings (SSSR count). The number of amidine groups is 1. The van der Waals surface area contributed by atoms with Crippen molar-refractivity contribution in [2.24, 2.45) is 5.10 Å². The zero-order valence-corrected chi connectivity index (χ0v) is 10.2. The highest BCUT2D eigenvalue weighted by atomic mass is 32.2. The second-order valence-corrected chi connectivity index (χ2v) is 4.62. The fourth-order valence-electron chi connectivity index (χ4n) is 1.32.